The molecular formula is C13H9F3N2O. The van der Waals surface area contributed by atoms with Crippen LogP contribution < -0.4 is 5.32 Å². The Morgan fingerprint density at radius 1 is 1.11 bits per heavy atom. The molecule has 1 amide bonds. The molecule has 0 saturated carbocycles. The van der Waals surface area contributed by atoms with Gasteiger partial charge in [0.05, 0.1) is 0 Å². The molecule has 1 aromatic carbocycles. The smallest absolute Gasteiger partial charge is 0.274 e. The first-order valence-corrected chi connectivity index (χ1v) is 5.37. The summed E-state index contributed by atoms with van der Waals surface area (Å²) in [4.78, 5) is 15.4. The van der Waals surface area contributed by atoms with E-state index in [1.807, 2.05) is 0 Å². The fraction of sp³-hybridized carbons (Fsp3) is 0.0769. The lowest BCUT2D eigenvalue weighted by molar-refractivity contribution is 0.102. The van der Waals surface area contributed by atoms with Crippen molar-refractivity contribution < 1.29 is 18.0 Å². The average Bonchev–Trinajstić information content (AvgIpc) is 2.41. The Hall–Kier alpha value is -2.37. The van der Waals surface area contributed by atoms with E-state index in [-0.39, 0.29) is 11.3 Å². The van der Waals surface area contributed by atoms with Crippen LogP contribution in [0, 0.1) is 5.82 Å². The number of hydrogen-bond acceptors (Lipinski definition) is 2. The van der Waals surface area contributed by atoms with Crippen LogP contribution in [0.4, 0.5) is 18.9 Å². The first-order valence-electron chi connectivity index (χ1n) is 5.37. The van der Waals surface area contributed by atoms with E-state index in [2.05, 4.69) is 10.3 Å². The van der Waals surface area contributed by atoms with Gasteiger partial charge in [-0.15, -0.1) is 0 Å². The molecule has 0 aliphatic rings. The second-order valence-electron chi connectivity index (χ2n) is 3.74. The molecule has 0 saturated heterocycles. The summed E-state index contributed by atoms with van der Waals surface area (Å²) < 4.78 is 37.3. The number of anilines is 1. The molecule has 0 fully saturated rings. The van der Waals surface area contributed by atoms with E-state index < -0.39 is 18.1 Å². The van der Waals surface area contributed by atoms with Crippen LogP contribution in [-0.2, 0) is 0 Å². The van der Waals surface area contributed by atoms with Crippen molar-refractivity contribution in [2.75, 3.05) is 5.32 Å². The number of hydrogen-bond donors (Lipinski definition) is 1. The molecular weight excluding hydrogens is 257 g/mol. The van der Waals surface area contributed by atoms with Gasteiger partial charge in [0.1, 0.15) is 11.5 Å². The molecule has 0 spiro atoms. The number of nitrogens with zero attached hydrogens (tertiary/aromatic N) is 1. The Balaban J connectivity index is 2.09. The number of carbonyl (C=O) groups is 1. The quantitative estimate of drug-likeness (QED) is 0.925. The summed E-state index contributed by atoms with van der Waals surface area (Å²) in [6.45, 7) is 0. The van der Waals surface area contributed by atoms with Crippen LogP contribution >= 0.6 is 0 Å². The summed E-state index contributed by atoms with van der Waals surface area (Å²) in [6.07, 6.45) is -1.67. The number of aromatic nitrogens is 1. The maximum Gasteiger partial charge on any atom is 0.274 e. The van der Waals surface area contributed by atoms with Crippen LogP contribution in [0.15, 0.2) is 42.6 Å². The van der Waals surface area contributed by atoms with Gasteiger partial charge in [-0.3, -0.25) is 9.78 Å². The zero-order valence-corrected chi connectivity index (χ0v) is 9.61. The lowest BCUT2D eigenvalue weighted by Gasteiger charge is -2.05. The van der Waals surface area contributed by atoms with Crippen molar-refractivity contribution in [3.8, 4) is 0 Å². The van der Waals surface area contributed by atoms with Crippen molar-refractivity contribution in [3.63, 3.8) is 0 Å². The first-order chi connectivity index (χ1) is 9.06. The lowest BCUT2D eigenvalue weighted by atomic mass is 10.2. The van der Waals surface area contributed by atoms with E-state index in [0.717, 1.165) is 12.3 Å². The zero-order valence-electron chi connectivity index (χ0n) is 9.61. The van der Waals surface area contributed by atoms with Crippen molar-refractivity contribution >= 4 is 11.6 Å². The van der Waals surface area contributed by atoms with Gasteiger partial charge in [-0.2, -0.15) is 0 Å². The highest BCUT2D eigenvalue weighted by Crippen LogP contribution is 2.17. The summed E-state index contributed by atoms with van der Waals surface area (Å²) in [5.74, 6) is -0.968. The molecule has 1 N–H and O–H groups in total. The third-order valence-corrected chi connectivity index (χ3v) is 2.37. The van der Waals surface area contributed by atoms with Gasteiger partial charge in [-0.05, 0) is 36.4 Å². The van der Waals surface area contributed by atoms with Gasteiger partial charge >= 0.3 is 0 Å². The second kappa shape index (κ2) is 5.51. The predicted octanol–water partition coefficient (Wildman–Crippen LogP) is 3.41. The Morgan fingerprint density at radius 2 is 1.79 bits per heavy atom. The number of benzene rings is 1. The van der Waals surface area contributed by atoms with E-state index in [1.165, 1.54) is 30.3 Å². The molecule has 0 radical (unpaired) electrons. The molecule has 0 atom stereocenters. The maximum atomic E-state index is 12.7. The van der Waals surface area contributed by atoms with Crippen molar-refractivity contribution in [3.05, 3.63) is 59.7 Å². The van der Waals surface area contributed by atoms with Gasteiger partial charge in [-0.25, -0.2) is 13.2 Å². The molecule has 1 heterocycles. The Morgan fingerprint density at radius 3 is 2.32 bits per heavy atom. The van der Waals surface area contributed by atoms with Crippen LogP contribution in [0.5, 0.6) is 0 Å². The highest BCUT2D eigenvalue weighted by Gasteiger charge is 2.11. The standard InChI is InChI=1S/C13H9F3N2O/c14-9-2-4-10(5-3-9)18-13(19)11-6-1-8(7-17-11)12(15)16/h1-7,12H,(H,18,19). The first kappa shape index (κ1) is 13.1. The van der Waals surface area contributed by atoms with Crippen LogP contribution in [0.1, 0.15) is 22.5 Å². The monoisotopic (exact) mass is 266 g/mol. The predicted molar refractivity (Wildman–Crippen MR) is 63.5 cm³/mol. The third kappa shape index (κ3) is 3.31. The number of amides is 1. The lowest BCUT2D eigenvalue weighted by Crippen LogP contribution is -2.13. The normalized spacial score (nSPS) is 10.5. The van der Waals surface area contributed by atoms with Gasteiger partial charge < -0.3 is 5.32 Å². The summed E-state index contributed by atoms with van der Waals surface area (Å²) >= 11 is 0. The van der Waals surface area contributed by atoms with Crippen molar-refractivity contribution in [1.29, 1.82) is 0 Å². The van der Waals surface area contributed by atoms with Crippen LogP contribution in [-0.4, -0.2) is 10.9 Å². The molecule has 0 unspecified atom stereocenters. The second-order valence-corrected chi connectivity index (χ2v) is 3.74. The van der Waals surface area contributed by atoms with Crippen LogP contribution in [0.25, 0.3) is 0 Å². The molecule has 19 heavy (non-hydrogen) atoms. The minimum atomic E-state index is -2.62. The molecule has 0 aliphatic heterocycles. The molecule has 98 valence electrons. The van der Waals surface area contributed by atoms with E-state index >= 15 is 0 Å². The SMILES string of the molecule is O=C(Nc1ccc(F)cc1)c1ccc(C(F)F)cn1. The summed E-state index contributed by atoms with van der Waals surface area (Å²) in [5, 5.41) is 2.48. The highest BCUT2D eigenvalue weighted by atomic mass is 19.3. The Bertz CT molecular complexity index is 567. The molecule has 0 aliphatic carbocycles. The largest absolute Gasteiger partial charge is 0.321 e. The molecule has 0 bridgehead atoms. The van der Waals surface area contributed by atoms with Crippen LogP contribution in [0.2, 0.25) is 0 Å². The van der Waals surface area contributed by atoms with Gasteiger partial charge in [-0.1, -0.05) is 0 Å². The van der Waals surface area contributed by atoms with Crippen molar-refractivity contribution in [1.82, 2.24) is 4.98 Å². The number of rotatable bonds is 3. The Kier molecular flexibility index (Phi) is 3.79. The molecule has 2 aromatic rings. The summed E-state index contributed by atoms with van der Waals surface area (Å²) in [6, 6.07) is 7.52. The van der Waals surface area contributed by atoms with E-state index in [1.54, 1.807) is 0 Å². The van der Waals surface area contributed by atoms with E-state index in [0.29, 0.717) is 5.69 Å². The molecule has 6 heteroatoms. The molecule has 2 rings (SSSR count). The highest BCUT2D eigenvalue weighted by molar-refractivity contribution is 6.02. The van der Waals surface area contributed by atoms with Gasteiger partial charge in [0.2, 0.25) is 0 Å². The maximum absolute atomic E-state index is 12.7. The Labute approximate surface area is 107 Å². The van der Waals surface area contributed by atoms with Crippen molar-refractivity contribution in [2.45, 2.75) is 6.43 Å². The van der Waals surface area contributed by atoms with E-state index in [9.17, 15) is 18.0 Å². The number of carbonyl (C=O) groups excluding carboxylic acids is 1. The fourth-order valence-corrected chi connectivity index (χ4v) is 1.40. The van der Waals surface area contributed by atoms with E-state index in [4.69, 9.17) is 0 Å². The number of nitrogens with one attached hydrogen (secondary N) is 1. The topological polar surface area (TPSA) is 42.0 Å². The average molecular weight is 266 g/mol. The molecule has 3 nitrogen and oxygen atoms in total. The number of alkyl halides is 2. The van der Waals surface area contributed by atoms with Crippen molar-refractivity contribution in [2.24, 2.45) is 0 Å². The minimum absolute atomic E-state index is 0.00808. The van der Waals surface area contributed by atoms with Crippen LogP contribution in [0.3, 0.4) is 0 Å². The zero-order chi connectivity index (χ0) is 13.8. The molecule has 1 aromatic heterocycles. The van der Waals surface area contributed by atoms with Gasteiger partial charge in [0, 0.05) is 17.4 Å². The minimum Gasteiger partial charge on any atom is -0.321 e. The fourth-order valence-electron chi connectivity index (χ4n) is 1.40. The summed E-state index contributed by atoms with van der Waals surface area (Å²) in [5.41, 5.74) is 0.151. The number of halogens is 3. The number of pyridine rings is 1. The third-order valence-electron chi connectivity index (χ3n) is 2.37. The van der Waals surface area contributed by atoms with Gasteiger partial charge in [0.25, 0.3) is 12.3 Å². The van der Waals surface area contributed by atoms with Gasteiger partial charge in [0.15, 0.2) is 0 Å². The summed E-state index contributed by atoms with van der Waals surface area (Å²) in [7, 11) is 0.